The molecular weight excluding hydrogens is 1500 g/mol. The van der Waals surface area contributed by atoms with Gasteiger partial charge in [-0.1, -0.05) is 66.7 Å². The van der Waals surface area contributed by atoms with Crippen molar-refractivity contribution < 1.29 is 76.2 Å². The molecule has 0 aliphatic heterocycles. The van der Waals surface area contributed by atoms with Gasteiger partial charge in [-0.15, -0.1) is 0 Å². The SMILES string of the molecule is CCN(CC)c1ccc(C(=C2C=CC(=[N+](CC)CC)C=C2)c2cc(O)c(S(=O)(=O)[O-])cc2S(=O)(=O)[O-])cc1.CCN(CC)c1ccc(C(=C2C=CC(=[N+](CC)CC)C=C2)c2cc(O)c(S(=O)(=O)[O-])cc2S(=O)(=O)[O-])cc1.CC[NH+]=C1C=CC(=C(c2ccc(N(CC)CC)cc2)c2ccc(N(CC)CC)cc2)c2ccccc21. The van der Waals surface area contributed by atoms with Crippen molar-refractivity contribution in [2.24, 2.45) is 0 Å². The molecule has 0 atom stereocenters. The highest BCUT2D eigenvalue weighted by molar-refractivity contribution is 7.87. The molecule has 7 aromatic carbocycles. The summed E-state index contributed by atoms with van der Waals surface area (Å²) >= 11 is 0. The number of nitrogens with one attached hydrogen (secondary N) is 1. The number of benzene rings is 7. The first-order valence-electron chi connectivity index (χ1n) is 37.9. The number of fused-ring (bicyclic) bond motifs is 1. The van der Waals surface area contributed by atoms with E-state index in [1.54, 1.807) is 48.6 Å². The van der Waals surface area contributed by atoms with Crippen molar-refractivity contribution in [2.75, 3.05) is 105 Å². The Bertz CT molecular complexity index is 5070. The first-order valence-corrected chi connectivity index (χ1v) is 43.6. The van der Waals surface area contributed by atoms with E-state index in [1.807, 2.05) is 104 Å². The predicted octanol–water partition coefficient (Wildman–Crippen LogP) is 12.7. The van der Waals surface area contributed by atoms with Gasteiger partial charge >= 0.3 is 0 Å². The van der Waals surface area contributed by atoms with Gasteiger partial charge in [0.05, 0.1) is 25.1 Å². The van der Waals surface area contributed by atoms with Crippen LogP contribution in [0.4, 0.5) is 22.7 Å². The third-order valence-corrected chi connectivity index (χ3v) is 23.5. The fraction of sp³-hybridized carbons (Fsp3) is 0.299. The van der Waals surface area contributed by atoms with Crippen molar-refractivity contribution >= 4 is 103 Å². The Balaban J connectivity index is 0.000000211. The highest BCUT2D eigenvalue weighted by atomic mass is 32.2. The number of nitrogens with zero attached hydrogens (tertiary/aromatic N) is 6. The maximum Gasteiger partial charge on any atom is 0.206 e. The van der Waals surface area contributed by atoms with Gasteiger partial charge in [-0.3, -0.25) is 0 Å². The molecule has 0 bridgehead atoms. The average molecular weight is 1600 g/mol. The Kier molecular flexibility index (Phi) is 30.4. The Morgan fingerprint density at radius 3 is 0.875 bits per heavy atom. The summed E-state index contributed by atoms with van der Waals surface area (Å²) < 4.78 is 148. The molecular formula is C87H102N7O14S4-. The first-order chi connectivity index (χ1) is 53.3. The number of rotatable bonds is 27. The van der Waals surface area contributed by atoms with E-state index in [0.29, 0.717) is 34.4 Å². The minimum atomic E-state index is -5.25. The van der Waals surface area contributed by atoms with Crippen LogP contribution in [0.25, 0.3) is 22.3 Å². The maximum absolute atomic E-state index is 12.3. The molecule has 112 heavy (non-hydrogen) atoms. The summed E-state index contributed by atoms with van der Waals surface area (Å²) in [5.74, 6) is -1.89. The van der Waals surface area contributed by atoms with E-state index < -0.39 is 71.6 Å². The van der Waals surface area contributed by atoms with E-state index in [-0.39, 0.29) is 22.3 Å². The van der Waals surface area contributed by atoms with E-state index in [2.05, 4.69) is 153 Å². The number of aromatic hydroxyl groups is 2. The van der Waals surface area contributed by atoms with Gasteiger partial charge in [0.25, 0.3) is 0 Å². The second-order valence-electron chi connectivity index (χ2n) is 26.1. The zero-order chi connectivity index (χ0) is 82.0. The molecule has 3 aliphatic rings. The van der Waals surface area contributed by atoms with Gasteiger partial charge in [0.2, 0.25) is 5.71 Å². The highest BCUT2D eigenvalue weighted by Gasteiger charge is 2.28. The normalized spacial score (nSPS) is 13.6. The van der Waals surface area contributed by atoms with E-state index in [1.165, 1.54) is 50.5 Å². The minimum absolute atomic E-state index is 0.212. The molecule has 10 rings (SSSR count). The lowest BCUT2D eigenvalue weighted by molar-refractivity contribution is -0.519. The lowest BCUT2D eigenvalue weighted by Crippen LogP contribution is -2.72. The Morgan fingerprint density at radius 2 is 0.616 bits per heavy atom. The molecule has 0 radical (unpaired) electrons. The molecule has 7 aromatic rings. The van der Waals surface area contributed by atoms with Gasteiger partial charge in [0.1, 0.15) is 84.7 Å². The first kappa shape index (κ1) is 87.5. The van der Waals surface area contributed by atoms with Crippen LogP contribution in [-0.2, 0) is 40.5 Å². The van der Waals surface area contributed by atoms with Crippen LogP contribution < -0.4 is 24.6 Å². The third-order valence-electron chi connectivity index (χ3n) is 20.0. The Labute approximate surface area is 662 Å². The zero-order valence-corrected chi connectivity index (χ0v) is 69.2. The van der Waals surface area contributed by atoms with E-state index >= 15 is 0 Å². The fourth-order valence-corrected chi connectivity index (χ4v) is 16.9. The molecule has 0 saturated heterocycles. The zero-order valence-electron chi connectivity index (χ0n) is 65.9. The highest BCUT2D eigenvalue weighted by Crippen LogP contribution is 2.43. The van der Waals surface area contributed by atoms with Gasteiger partial charge in [-0.25, -0.2) is 47.8 Å². The molecule has 0 saturated carbocycles. The number of allylic oxidation sites excluding steroid dienone is 13. The van der Waals surface area contributed by atoms with Crippen LogP contribution in [0.5, 0.6) is 11.5 Å². The van der Waals surface area contributed by atoms with Crippen LogP contribution in [0.3, 0.4) is 0 Å². The van der Waals surface area contributed by atoms with Gasteiger partial charge < -0.3 is 48.0 Å². The van der Waals surface area contributed by atoms with Crippen molar-refractivity contribution in [3.05, 3.63) is 262 Å². The molecule has 0 fully saturated rings. The van der Waals surface area contributed by atoms with Gasteiger partial charge in [0.15, 0.2) is 11.4 Å². The Hall–Kier alpha value is -10.1. The van der Waals surface area contributed by atoms with E-state index in [4.69, 9.17) is 0 Å². The largest absolute Gasteiger partial charge is 0.744 e. The molecule has 25 heteroatoms. The standard InChI is InChI=1S/C33H39N3.2C27H32N2O7S2/c1-6-34-32-24-23-31(29-13-11-12-14-30(29)32)33(25-15-19-27(20-16-25)35(7-2)8-3)26-17-21-28(22-18-26)36(9-4)10-5;2*1-5-28(6-2)21-13-9-19(10-14-21)27(20-11-15-22(16-12-20)29(7-3)8-4)23-17-24(30)26(38(34,35)36)18-25(23)37(31,32)33/h11-24H,6-10H2,1-5H3;2*9-18H,5-8H2,1-4H3,(H2-,30,31,32,33,34,35,36)/p-1. The molecule has 594 valence electrons. The minimum Gasteiger partial charge on any atom is -0.744 e. The molecule has 0 aromatic heterocycles. The lowest BCUT2D eigenvalue weighted by Gasteiger charge is -2.24. The summed E-state index contributed by atoms with van der Waals surface area (Å²) in [6, 6.07) is 44.0. The van der Waals surface area contributed by atoms with Crippen LogP contribution >= 0.6 is 0 Å². The molecule has 21 nitrogen and oxygen atoms in total. The van der Waals surface area contributed by atoms with Crippen LogP contribution in [-0.4, -0.2) is 173 Å². The van der Waals surface area contributed by atoms with Crippen molar-refractivity contribution in [3.8, 4) is 11.5 Å². The van der Waals surface area contributed by atoms with Crippen LogP contribution in [0.15, 0.2) is 237 Å². The van der Waals surface area contributed by atoms with Crippen LogP contribution in [0.1, 0.15) is 135 Å². The lowest BCUT2D eigenvalue weighted by atomic mass is 9.83. The smallest absolute Gasteiger partial charge is 0.206 e. The predicted molar refractivity (Wildman–Crippen MR) is 446 cm³/mol. The molecule has 3 N–H and O–H groups in total. The van der Waals surface area contributed by atoms with Gasteiger partial charge in [-0.2, -0.15) is 0 Å². The van der Waals surface area contributed by atoms with Crippen molar-refractivity contribution in [2.45, 2.75) is 110 Å². The number of hydrogen-bond acceptors (Lipinski definition) is 18. The van der Waals surface area contributed by atoms with Crippen molar-refractivity contribution in [3.63, 3.8) is 0 Å². The Morgan fingerprint density at radius 1 is 0.339 bits per heavy atom. The monoisotopic (exact) mass is 1600 g/mol. The summed E-state index contributed by atoms with van der Waals surface area (Å²) in [6.07, 6.45) is 19.0. The molecule has 0 heterocycles. The number of hydrogen-bond donors (Lipinski definition) is 3. The summed E-state index contributed by atoms with van der Waals surface area (Å²) in [4.78, 5) is 8.38. The number of phenolic OH excluding ortho intramolecular Hbond substituents is 2. The second kappa shape index (κ2) is 38.9. The summed E-state index contributed by atoms with van der Waals surface area (Å²) in [5, 5.41) is 20.8. The van der Waals surface area contributed by atoms with Gasteiger partial charge in [-0.05, 0) is 261 Å². The van der Waals surface area contributed by atoms with E-state index in [0.717, 1.165) is 120 Å². The summed E-state index contributed by atoms with van der Waals surface area (Å²) in [7, 11) is -21.0. The summed E-state index contributed by atoms with van der Waals surface area (Å²) in [5.41, 5.74) is 17.2. The average Bonchev–Trinajstić information content (AvgIpc) is 0.778. The van der Waals surface area contributed by atoms with Crippen LogP contribution in [0, 0.1) is 0 Å². The summed E-state index contributed by atoms with van der Waals surface area (Å²) in [6.45, 7) is 38.3. The fourth-order valence-electron chi connectivity index (χ4n) is 14.2. The van der Waals surface area contributed by atoms with Crippen molar-refractivity contribution in [1.82, 2.24) is 0 Å². The second-order valence-corrected chi connectivity index (χ2v) is 31.5. The third kappa shape index (κ3) is 20.8. The maximum atomic E-state index is 12.3. The molecule has 0 spiro atoms. The number of anilines is 4. The van der Waals surface area contributed by atoms with Gasteiger partial charge in [0, 0.05) is 117 Å². The molecule has 0 unspecified atom stereocenters. The topological polar surface area (TPSA) is 302 Å². The molecule has 0 amide bonds. The van der Waals surface area contributed by atoms with Crippen LogP contribution in [0.2, 0.25) is 0 Å². The molecule has 3 aliphatic carbocycles. The van der Waals surface area contributed by atoms with E-state index in [9.17, 15) is 62.1 Å². The number of phenols is 2. The quantitative estimate of drug-likeness (QED) is 0.0318. The van der Waals surface area contributed by atoms with Crippen molar-refractivity contribution in [1.29, 1.82) is 0 Å².